The van der Waals surface area contributed by atoms with Gasteiger partial charge < -0.3 is 15.1 Å². The van der Waals surface area contributed by atoms with Crippen LogP contribution in [0.4, 0.5) is 0 Å². The quantitative estimate of drug-likeness (QED) is 0.906. The fraction of sp³-hybridized carbons (Fsp3) is 0.333. The third-order valence-corrected chi connectivity index (χ3v) is 3.03. The number of rotatable bonds is 5. The Kier molecular flexibility index (Phi) is 4.53. The zero-order valence-corrected chi connectivity index (χ0v) is 11.7. The summed E-state index contributed by atoms with van der Waals surface area (Å²) in [7, 11) is 0. The Morgan fingerprint density at radius 1 is 1.40 bits per heavy atom. The van der Waals surface area contributed by atoms with Gasteiger partial charge in [0.2, 0.25) is 0 Å². The first-order chi connectivity index (χ1) is 9.61. The Labute approximate surface area is 118 Å². The summed E-state index contributed by atoms with van der Waals surface area (Å²) in [5.41, 5.74) is 6.48. The Hall–Kier alpha value is -2.14. The summed E-state index contributed by atoms with van der Waals surface area (Å²) in [5.74, 6) is 0.796. The van der Waals surface area contributed by atoms with Crippen LogP contribution in [0.3, 0.4) is 0 Å². The molecule has 0 aliphatic rings. The number of furan rings is 1. The van der Waals surface area contributed by atoms with Gasteiger partial charge in [0.15, 0.2) is 5.76 Å². The zero-order chi connectivity index (χ0) is 14.5. The lowest BCUT2D eigenvalue weighted by molar-refractivity contribution is 0.0655. The number of amides is 1. The second-order valence-corrected chi connectivity index (χ2v) is 4.86. The molecule has 2 aromatic rings. The maximum absolute atomic E-state index is 12.5. The summed E-state index contributed by atoms with van der Waals surface area (Å²) < 4.78 is 5.43. The van der Waals surface area contributed by atoms with Crippen molar-refractivity contribution in [3.05, 3.63) is 53.7 Å². The van der Waals surface area contributed by atoms with Gasteiger partial charge in [0.1, 0.15) is 5.76 Å². The number of pyridine rings is 1. The molecule has 0 bridgehead atoms. The average molecular weight is 273 g/mol. The third-order valence-electron chi connectivity index (χ3n) is 3.03. The second kappa shape index (κ2) is 6.34. The minimum atomic E-state index is -0.136. The molecule has 2 rings (SSSR count). The minimum absolute atomic E-state index is 0.0640. The van der Waals surface area contributed by atoms with Crippen LogP contribution in [0.15, 0.2) is 41.1 Å². The van der Waals surface area contributed by atoms with Gasteiger partial charge in [-0.1, -0.05) is 6.07 Å². The molecule has 5 heteroatoms. The van der Waals surface area contributed by atoms with E-state index in [1.807, 2.05) is 26.0 Å². The van der Waals surface area contributed by atoms with Crippen LogP contribution < -0.4 is 5.73 Å². The molecule has 0 saturated heterocycles. The van der Waals surface area contributed by atoms with E-state index in [1.54, 1.807) is 29.4 Å². The van der Waals surface area contributed by atoms with E-state index in [1.165, 1.54) is 0 Å². The van der Waals surface area contributed by atoms with Crippen LogP contribution in [0.2, 0.25) is 0 Å². The van der Waals surface area contributed by atoms with Gasteiger partial charge in [0, 0.05) is 25.0 Å². The molecule has 0 aliphatic carbocycles. The van der Waals surface area contributed by atoms with Gasteiger partial charge in [-0.05, 0) is 37.6 Å². The summed E-state index contributed by atoms with van der Waals surface area (Å²) in [5, 5.41) is 0. The molecule has 1 amide bonds. The molecule has 5 nitrogen and oxygen atoms in total. The molecule has 2 N–H and O–H groups in total. The van der Waals surface area contributed by atoms with Crippen molar-refractivity contribution < 1.29 is 9.21 Å². The first-order valence-corrected chi connectivity index (χ1v) is 6.60. The lowest BCUT2D eigenvalue weighted by atomic mass is 10.2. The highest BCUT2D eigenvalue weighted by molar-refractivity contribution is 5.91. The van der Waals surface area contributed by atoms with Crippen molar-refractivity contribution in [3.63, 3.8) is 0 Å². The standard InChI is InChI=1S/C15H19N3O2/c1-11(2)18(10-12-4-3-7-17-9-12)15(19)14-6-5-13(8-16)20-14/h3-7,9,11H,8,10,16H2,1-2H3. The van der Waals surface area contributed by atoms with Gasteiger partial charge >= 0.3 is 0 Å². The Bertz CT molecular complexity index is 564. The van der Waals surface area contributed by atoms with Crippen LogP contribution in [0, 0.1) is 0 Å². The lowest BCUT2D eigenvalue weighted by Gasteiger charge is -2.25. The van der Waals surface area contributed by atoms with E-state index in [4.69, 9.17) is 10.2 Å². The van der Waals surface area contributed by atoms with Gasteiger partial charge in [-0.2, -0.15) is 0 Å². The SMILES string of the molecule is CC(C)N(Cc1cccnc1)C(=O)c1ccc(CN)o1. The normalized spacial score (nSPS) is 10.8. The summed E-state index contributed by atoms with van der Waals surface area (Å²) >= 11 is 0. The number of aromatic nitrogens is 1. The van der Waals surface area contributed by atoms with Crippen molar-refractivity contribution in [2.75, 3.05) is 0 Å². The number of carbonyl (C=O) groups is 1. The topological polar surface area (TPSA) is 72.4 Å². The molecule has 2 heterocycles. The number of hydrogen-bond donors (Lipinski definition) is 1. The maximum atomic E-state index is 12.5. The van der Waals surface area contributed by atoms with E-state index in [0.29, 0.717) is 18.1 Å². The number of nitrogens with zero attached hydrogens (tertiary/aromatic N) is 2. The second-order valence-electron chi connectivity index (χ2n) is 4.86. The van der Waals surface area contributed by atoms with Gasteiger partial charge in [0.25, 0.3) is 5.91 Å². The molecule has 0 fully saturated rings. The Morgan fingerprint density at radius 3 is 2.75 bits per heavy atom. The van der Waals surface area contributed by atoms with Crippen LogP contribution in [0.25, 0.3) is 0 Å². The van der Waals surface area contributed by atoms with Crippen LogP contribution in [0.1, 0.15) is 35.7 Å². The molecule has 0 saturated carbocycles. The fourth-order valence-corrected chi connectivity index (χ4v) is 1.92. The minimum Gasteiger partial charge on any atom is -0.455 e. The maximum Gasteiger partial charge on any atom is 0.290 e. The van der Waals surface area contributed by atoms with E-state index in [-0.39, 0.29) is 18.5 Å². The van der Waals surface area contributed by atoms with Gasteiger partial charge in [-0.15, -0.1) is 0 Å². The Balaban J connectivity index is 2.18. The van der Waals surface area contributed by atoms with Crippen molar-refractivity contribution >= 4 is 5.91 Å². The highest BCUT2D eigenvalue weighted by Gasteiger charge is 2.22. The zero-order valence-electron chi connectivity index (χ0n) is 11.7. The lowest BCUT2D eigenvalue weighted by Crippen LogP contribution is -2.36. The molecule has 0 atom stereocenters. The molecular formula is C15H19N3O2. The first-order valence-electron chi connectivity index (χ1n) is 6.60. The number of carbonyl (C=O) groups excluding carboxylic acids is 1. The van der Waals surface area contributed by atoms with Crippen LogP contribution in [-0.4, -0.2) is 21.8 Å². The van der Waals surface area contributed by atoms with E-state index in [2.05, 4.69) is 4.98 Å². The third kappa shape index (κ3) is 3.24. The summed E-state index contributed by atoms with van der Waals surface area (Å²) in [6.45, 7) is 4.74. The van der Waals surface area contributed by atoms with Gasteiger partial charge in [-0.3, -0.25) is 9.78 Å². The van der Waals surface area contributed by atoms with E-state index >= 15 is 0 Å². The summed E-state index contributed by atoms with van der Waals surface area (Å²) in [6, 6.07) is 7.27. The summed E-state index contributed by atoms with van der Waals surface area (Å²) in [6.07, 6.45) is 3.47. The molecule has 0 aliphatic heterocycles. The van der Waals surface area contributed by atoms with Crippen molar-refractivity contribution in [1.29, 1.82) is 0 Å². The smallest absolute Gasteiger partial charge is 0.290 e. The van der Waals surface area contributed by atoms with Crippen LogP contribution >= 0.6 is 0 Å². The largest absolute Gasteiger partial charge is 0.455 e. The molecule has 2 aromatic heterocycles. The fourth-order valence-electron chi connectivity index (χ4n) is 1.92. The molecule has 0 aromatic carbocycles. The summed E-state index contributed by atoms with van der Waals surface area (Å²) in [4.78, 5) is 18.3. The number of hydrogen-bond acceptors (Lipinski definition) is 4. The first kappa shape index (κ1) is 14.3. The average Bonchev–Trinajstić information content (AvgIpc) is 2.94. The molecule has 0 radical (unpaired) electrons. The predicted molar refractivity (Wildman–Crippen MR) is 75.8 cm³/mol. The highest BCUT2D eigenvalue weighted by atomic mass is 16.4. The molecule has 106 valence electrons. The van der Waals surface area contributed by atoms with Gasteiger partial charge in [0.05, 0.1) is 6.54 Å². The van der Waals surface area contributed by atoms with E-state index in [9.17, 15) is 4.79 Å². The Morgan fingerprint density at radius 2 is 2.20 bits per heavy atom. The van der Waals surface area contributed by atoms with Gasteiger partial charge in [-0.25, -0.2) is 0 Å². The van der Waals surface area contributed by atoms with Crippen molar-refractivity contribution in [3.8, 4) is 0 Å². The van der Waals surface area contributed by atoms with E-state index < -0.39 is 0 Å². The predicted octanol–water partition coefficient (Wildman–Crippen LogP) is 2.18. The molecule has 0 spiro atoms. The van der Waals surface area contributed by atoms with Crippen LogP contribution in [-0.2, 0) is 13.1 Å². The number of nitrogens with two attached hydrogens (primary N) is 1. The van der Waals surface area contributed by atoms with Crippen molar-refractivity contribution in [1.82, 2.24) is 9.88 Å². The van der Waals surface area contributed by atoms with Crippen molar-refractivity contribution in [2.45, 2.75) is 33.0 Å². The van der Waals surface area contributed by atoms with Crippen LogP contribution in [0.5, 0.6) is 0 Å². The van der Waals surface area contributed by atoms with E-state index in [0.717, 1.165) is 5.56 Å². The molecule has 20 heavy (non-hydrogen) atoms. The monoisotopic (exact) mass is 273 g/mol. The van der Waals surface area contributed by atoms with Crippen molar-refractivity contribution in [2.24, 2.45) is 5.73 Å². The molecular weight excluding hydrogens is 254 g/mol. The highest BCUT2D eigenvalue weighted by Crippen LogP contribution is 2.15. The molecule has 0 unspecified atom stereocenters.